The van der Waals surface area contributed by atoms with Gasteiger partial charge >= 0.3 is 12.0 Å². The van der Waals surface area contributed by atoms with Crippen LogP contribution in [-0.4, -0.2) is 52.0 Å². The number of carbonyl (C=O) groups excluding carboxylic acids is 1. The van der Waals surface area contributed by atoms with Crippen LogP contribution in [0.3, 0.4) is 0 Å². The van der Waals surface area contributed by atoms with Gasteiger partial charge < -0.3 is 14.9 Å². The molecule has 2 amide bonds. The molecule has 98 valence electrons. The Morgan fingerprint density at radius 3 is 2.44 bits per heavy atom. The van der Waals surface area contributed by atoms with Gasteiger partial charge in [0.1, 0.15) is 6.54 Å². The number of aromatic nitrogens is 1. The summed E-state index contributed by atoms with van der Waals surface area (Å²) in [6, 6.07) is 3.36. The van der Waals surface area contributed by atoms with Crippen molar-refractivity contribution in [3.8, 4) is 0 Å². The molecule has 6 heteroatoms. The van der Waals surface area contributed by atoms with Crippen LogP contribution in [0.1, 0.15) is 12.5 Å². The molecule has 1 aromatic heterocycles. The van der Waals surface area contributed by atoms with E-state index in [1.54, 1.807) is 17.3 Å². The van der Waals surface area contributed by atoms with Crippen molar-refractivity contribution in [2.45, 2.75) is 13.5 Å². The molecular weight excluding hydrogens is 234 g/mol. The summed E-state index contributed by atoms with van der Waals surface area (Å²) in [7, 11) is 1.48. The molecule has 18 heavy (non-hydrogen) atoms. The van der Waals surface area contributed by atoms with Crippen LogP contribution < -0.4 is 0 Å². The van der Waals surface area contributed by atoms with Crippen LogP contribution in [0.5, 0.6) is 0 Å². The zero-order valence-electron chi connectivity index (χ0n) is 10.5. The zero-order valence-corrected chi connectivity index (χ0v) is 10.5. The van der Waals surface area contributed by atoms with Crippen molar-refractivity contribution >= 4 is 12.0 Å². The predicted molar refractivity (Wildman–Crippen MR) is 66.0 cm³/mol. The van der Waals surface area contributed by atoms with E-state index in [0.29, 0.717) is 13.1 Å². The van der Waals surface area contributed by atoms with Crippen molar-refractivity contribution in [3.05, 3.63) is 30.1 Å². The SMILES string of the molecule is CCN(Cc1ccncc1)C(=O)N(C)CC(=O)O. The van der Waals surface area contributed by atoms with Crippen LogP contribution in [0.25, 0.3) is 0 Å². The number of amides is 2. The van der Waals surface area contributed by atoms with Gasteiger partial charge in [-0.15, -0.1) is 0 Å². The van der Waals surface area contributed by atoms with Gasteiger partial charge in [0.05, 0.1) is 0 Å². The number of rotatable bonds is 5. The molecule has 0 fully saturated rings. The van der Waals surface area contributed by atoms with E-state index in [9.17, 15) is 9.59 Å². The number of hydrogen-bond donors (Lipinski definition) is 1. The molecule has 6 nitrogen and oxygen atoms in total. The summed E-state index contributed by atoms with van der Waals surface area (Å²) >= 11 is 0. The molecule has 0 saturated heterocycles. The molecule has 0 aromatic carbocycles. The fraction of sp³-hybridized carbons (Fsp3) is 0.417. The molecule has 1 rings (SSSR count). The second-order valence-corrected chi connectivity index (χ2v) is 3.90. The number of carbonyl (C=O) groups is 2. The summed E-state index contributed by atoms with van der Waals surface area (Å²) in [5, 5.41) is 8.66. The lowest BCUT2D eigenvalue weighted by Gasteiger charge is -2.26. The lowest BCUT2D eigenvalue weighted by Crippen LogP contribution is -2.42. The maximum Gasteiger partial charge on any atom is 0.323 e. The third-order valence-electron chi connectivity index (χ3n) is 2.47. The van der Waals surface area contributed by atoms with E-state index in [0.717, 1.165) is 5.56 Å². The summed E-state index contributed by atoms with van der Waals surface area (Å²) in [5.41, 5.74) is 0.962. The standard InChI is InChI=1S/C12H17N3O3/c1-3-15(8-10-4-6-13-7-5-10)12(18)14(2)9-11(16)17/h4-7H,3,8-9H2,1-2H3,(H,16,17). The maximum absolute atomic E-state index is 12.0. The van der Waals surface area contributed by atoms with Gasteiger partial charge in [-0.1, -0.05) is 0 Å². The average molecular weight is 251 g/mol. The van der Waals surface area contributed by atoms with E-state index < -0.39 is 5.97 Å². The smallest absolute Gasteiger partial charge is 0.323 e. The van der Waals surface area contributed by atoms with E-state index in [4.69, 9.17) is 5.11 Å². The first-order valence-electron chi connectivity index (χ1n) is 5.65. The molecule has 1 heterocycles. The van der Waals surface area contributed by atoms with E-state index in [1.807, 2.05) is 19.1 Å². The van der Waals surface area contributed by atoms with Crippen LogP contribution in [0.2, 0.25) is 0 Å². The monoisotopic (exact) mass is 251 g/mol. The lowest BCUT2D eigenvalue weighted by atomic mass is 10.2. The molecule has 0 unspecified atom stereocenters. The summed E-state index contributed by atoms with van der Waals surface area (Å²) in [6.45, 7) is 2.52. The molecule has 0 bridgehead atoms. The van der Waals surface area contributed by atoms with E-state index >= 15 is 0 Å². The highest BCUT2D eigenvalue weighted by Crippen LogP contribution is 2.05. The van der Waals surface area contributed by atoms with Crippen LogP contribution in [0, 0.1) is 0 Å². The van der Waals surface area contributed by atoms with Gasteiger partial charge in [-0.2, -0.15) is 0 Å². The highest BCUT2D eigenvalue weighted by atomic mass is 16.4. The average Bonchev–Trinajstić information content (AvgIpc) is 2.35. The molecular formula is C12H17N3O3. The van der Waals surface area contributed by atoms with Crippen LogP contribution in [0.15, 0.2) is 24.5 Å². The number of urea groups is 1. The van der Waals surface area contributed by atoms with Crippen molar-refractivity contribution in [2.75, 3.05) is 20.1 Å². The number of likely N-dealkylation sites (N-methyl/N-ethyl adjacent to an activating group) is 1. The Morgan fingerprint density at radius 1 is 1.33 bits per heavy atom. The zero-order chi connectivity index (χ0) is 13.5. The van der Waals surface area contributed by atoms with E-state index in [2.05, 4.69) is 4.98 Å². The minimum Gasteiger partial charge on any atom is -0.480 e. The maximum atomic E-state index is 12.0. The molecule has 0 aliphatic carbocycles. The van der Waals surface area contributed by atoms with Gasteiger partial charge in [-0.05, 0) is 24.6 Å². The number of carboxylic acids is 1. The molecule has 0 radical (unpaired) electrons. The molecule has 0 aliphatic heterocycles. The Balaban J connectivity index is 2.66. The molecule has 0 saturated carbocycles. The highest BCUT2D eigenvalue weighted by molar-refractivity contribution is 5.79. The molecule has 0 aliphatic rings. The second kappa shape index (κ2) is 6.58. The third-order valence-corrected chi connectivity index (χ3v) is 2.47. The van der Waals surface area contributed by atoms with Crippen molar-refractivity contribution < 1.29 is 14.7 Å². The summed E-state index contributed by atoms with van der Waals surface area (Å²) < 4.78 is 0. The minimum absolute atomic E-state index is 0.295. The normalized spacial score (nSPS) is 9.89. The lowest BCUT2D eigenvalue weighted by molar-refractivity contribution is -0.137. The van der Waals surface area contributed by atoms with Gasteiger partial charge in [0.25, 0.3) is 0 Å². The van der Waals surface area contributed by atoms with Gasteiger partial charge in [0, 0.05) is 32.5 Å². The fourth-order valence-corrected chi connectivity index (χ4v) is 1.54. The first-order valence-corrected chi connectivity index (χ1v) is 5.65. The molecule has 1 N–H and O–H groups in total. The summed E-state index contributed by atoms with van der Waals surface area (Å²) in [5.74, 6) is -1.02. The number of carboxylic acid groups (broad SMARTS) is 1. The topological polar surface area (TPSA) is 73.7 Å². The van der Waals surface area contributed by atoms with E-state index in [1.165, 1.54) is 11.9 Å². The van der Waals surface area contributed by atoms with Crippen molar-refractivity contribution in [1.82, 2.24) is 14.8 Å². The summed E-state index contributed by atoms with van der Waals surface area (Å²) in [4.78, 5) is 29.2. The first kappa shape index (κ1) is 14.0. The van der Waals surface area contributed by atoms with Crippen LogP contribution in [-0.2, 0) is 11.3 Å². The van der Waals surface area contributed by atoms with Crippen LogP contribution in [0.4, 0.5) is 4.79 Å². The van der Waals surface area contributed by atoms with Gasteiger partial charge in [-0.25, -0.2) is 4.79 Å². The molecule has 0 atom stereocenters. The number of pyridine rings is 1. The van der Waals surface area contributed by atoms with E-state index in [-0.39, 0.29) is 12.6 Å². The van der Waals surface area contributed by atoms with Crippen LogP contribution >= 0.6 is 0 Å². The van der Waals surface area contributed by atoms with Gasteiger partial charge in [0.2, 0.25) is 0 Å². The predicted octanol–water partition coefficient (Wildman–Crippen LogP) is 1.04. The Kier molecular flexibility index (Phi) is 5.10. The largest absolute Gasteiger partial charge is 0.480 e. The van der Waals surface area contributed by atoms with Gasteiger partial charge in [-0.3, -0.25) is 9.78 Å². The minimum atomic E-state index is -1.02. The fourth-order valence-electron chi connectivity index (χ4n) is 1.54. The Hall–Kier alpha value is -2.11. The van der Waals surface area contributed by atoms with Gasteiger partial charge in [0.15, 0.2) is 0 Å². The quantitative estimate of drug-likeness (QED) is 0.848. The van der Waals surface area contributed by atoms with Crippen molar-refractivity contribution in [1.29, 1.82) is 0 Å². The molecule has 1 aromatic rings. The second-order valence-electron chi connectivity index (χ2n) is 3.90. The number of nitrogens with zero attached hydrogens (tertiary/aromatic N) is 3. The highest BCUT2D eigenvalue weighted by Gasteiger charge is 2.18. The number of aliphatic carboxylic acids is 1. The van der Waals surface area contributed by atoms with Crippen molar-refractivity contribution in [3.63, 3.8) is 0 Å². The third kappa shape index (κ3) is 4.04. The molecule has 0 spiro atoms. The van der Waals surface area contributed by atoms with Crippen molar-refractivity contribution in [2.24, 2.45) is 0 Å². The Labute approximate surface area is 106 Å². The Morgan fingerprint density at radius 2 is 1.94 bits per heavy atom. The number of hydrogen-bond acceptors (Lipinski definition) is 3. The first-order chi connectivity index (χ1) is 8.54. The Bertz CT molecular complexity index is 408. The summed E-state index contributed by atoms with van der Waals surface area (Å²) in [6.07, 6.45) is 3.32.